The van der Waals surface area contributed by atoms with E-state index in [9.17, 15) is 4.79 Å². The number of rotatable bonds is 4. The predicted octanol–water partition coefficient (Wildman–Crippen LogP) is 2.05. The summed E-state index contributed by atoms with van der Waals surface area (Å²) < 4.78 is 5.60. The largest absolute Gasteiger partial charge is 0.453 e. The van der Waals surface area contributed by atoms with Crippen LogP contribution in [0.4, 0.5) is 0 Å². The van der Waals surface area contributed by atoms with Crippen LogP contribution in [0.2, 0.25) is 0 Å². The van der Waals surface area contributed by atoms with Crippen LogP contribution in [0.15, 0.2) is 35.3 Å². The Morgan fingerprint density at radius 3 is 1.64 bits per heavy atom. The molecule has 1 saturated carbocycles. The molecular formula is C17H29N3O2. The van der Waals surface area contributed by atoms with Crippen molar-refractivity contribution < 1.29 is 9.53 Å². The van der Waals surface area contributed by atoms with Gasteiger partial charge in [0.2, 0.25) is 0 Å². The first-order chi connectivity index (χ1) is 10.2. The standard InChI is InChI=1S/C17H29N3O2/c1-13(21)22-17-15(11-19(4)5)8-14(10-18(2)3)9-16(17)12-20(6)7/h10-12,17H,8-9H2,1-7H3/b14-10?,15-11-,16-12+. The van der Waals surface area contributed by atoms with E-state index in [-0.39, 0.29) is 12.1 Å². The van der Waals surface area contributed by atoms with Gasteiger partial charge in [-0.15, -0.1) is 0 Å². The maximum Gasteiger partial charge on any atom is 0.303 e. The Kier molecular flexibility index (Phi) is 6.53. The zero-order valence-corrected chi connectivity index (χ0v) is 14.9. The van der Waals surface area contributed by atoms with Gasteiger partial charge in [0.15, 0.2) is 0 Å². The Morgan fingerprint density at radius 2 is 1.32 bits per heavy atom. The minimum absolute atomic E-state index is 0.251. The van der Waals surface area contributed by atoms with Crippen molar-refractivity contribution in [2.24, 2.45) is 0 Å². The molecule has 0 N–H and O–H groups in total. The van der Waals surface area contributed by atoms with Crippen molar-refractivity contribution in [2.45, 2.75) is 25.9 Å². The third-order valence-electron chi connectivity index (χ3n) is 3.11. The third kappa shape index (κ3) is 5.84. The Balaban J connectivity index is 3.25. The normalized spacial score (nSPS) is 23.8. The monoisotopic (exact) mass is 307 g/mol. The molecule has 0 spiro atoms. The first-order valence-electron chi connectivity index (χ1n) is 7.46. The van der Waals surface area contributed by atoms with Crippen molar-refractivity contribution >= 4 is 5.97 Å². The third-order valence-corrected chi connectivity index (χ3v) is 3.11. The molecule has 0 aromatic rings. The maximum absolute atomic E-state index is 11.5. The van der Waals surface area contributed by atoms with Crippen molar-refractivity contribution in [1.82, 2.24) is 14.7 Å². The predicted molar refractivity (Wildman–Crippen MR) is 90.1 cm³/mol. The lowest BCUT2D eigenvalue weighted by molar-refractivity contribution is -0.143. The molecule has 1 aliphatic carbocycles. The van der Waals surface area contributed by atoms with Crippen LogP contribution in [0, 0.1) is 0 Å². The van der Waals surface area contributed by atoms with Gasteiger partial charge < -0.3 is 19.4 Å². The van der Waals surface area contributed by atoms with Crippen molar-refractivity contribution in [3.63, 3.8) is 0 Å². The second-order valence-corrected chi connectivity index (χ2v) is 6.43. The van der Waals surface area contributed by atoms with E-state index in [1.165, 1.54) is 12.5 Å². The van der Waals surface area contributed by atoms with Crippen LogP contribution in [-0.4, -0.2) is 69.1 Å². The van der Waals surface area contributed by atoms with E-state index in [0.717, 1.165) is 24.0 Å². The fraction of sp³-hybridized carbons (Fsp3) is 0.588. The Labute approximate surface area is 134 Å². The van der Waals surface area contributed by atoms with Crippen LogP contribution < -0.4 is 0 Å². The van der Waals surface area contributed by atoms with Gasteiger partial charge in [0.1, 0.15) is 6.10 Å². The van der Waals surface area contributed by atoms with E-state index in [1.54, 1.807) is 0 Å². The van der Waals surface area contributed by atoms with Crippen molar-refractivity contribution in [1.29, 1.82) is 0 Å². The summed E-state index contributed by atoms with van der Waals surface area (Å²) in [6.45, 7) is 1.46. The SMILES string of the molecule is CC(=O)OC1/C(=C\N(C)C)CC(=CN(C)C)C/C1=C\N(C)C. The number of carbonyl (C=O) groups is 1. The molecule has 0 aromatic heterocycles. The van der Waals surface area contributed by atoms with Gasteiger partial charge in [-0.25, -0.2) is 0 Å². The van der Waals surface area contributed by atoms with Crippen LogP contribution in [0.25, 0.3) is 0 Å². The number of carbonyl (C=O) groups excluding carboxylic acids is 1. The van der Waals surface area contributed by atoms with Gasteiger partial charge in [-0.2, -0.15) is 0 Å². The van der Waals surface area contributed by atoms with Crippen molar-refractivity contribution in [2.75, 3.05) is 42.3 Å². The van der Waals surface area contributed by atoms with E-state index >= 15 is 0 Å². The molecule has 0 bridgehead atoms. The summed E-state index contributed by atoms with van der Waals surface area (Å²) in [5.41, 5.74) is 3.52. The number of hydrogen-bond acceptors (Lipinski definition) is 5. The first-order valence-corrected chi connectivity index (χ1v) is 7.46. The molecule has 5 nitrogen and oxygen atoms in total. The fourth-order valence-corrected chi connectivity index (χ4v) is 2.67. The molecule has 1 unspecified atom stereocenters. The Morgan fingerprint density at radius 1 is 0.909 bits per heavy atom. The number of hydrogen-bond donors (Lipinski definition) is 0. The van der Waals surface area contributed by atoms with E-state index in [1.807, 2.05) is 52.1 Å². The zero-order valence-electron chi connectivity index (χ0n) is 14.9. The molecule has 5 heteroatoms. The van der Waals surface area contributed by atoms with Crippen LogP contribution in [0.5, 0.6) is 0 Å². The molecular weight excluding hydrogens is 278 g/mol. The number of esters is 1. The van der Waals surface area contributed by atoms with Crippen LogP contribution in [0.3, 0.4) is 0 Å². The highest BCUT2D eigenvalue weighted by Crippen LogP contribution is 2.35. The lowest BCUT2D eigenvalue weighted by atomic mass is 9.84. The molecule has 0 radical (unpaired) electrons. The molecule has 0 saturated heterocycles. The van der Waals surface area contributed by atoms with Crippen molar-refractivity contribution in [3.05, 3.63) is 35.3 Å². The number of ether oxygens (including phenoxy) is 1. The van der Waals surface area contributed by atoms with E-state index in [0.29, 0.717) is 0 Å². The highest BCUT2D eigenvalue weighted by Gasteiger charge is 2.29. The van der Waals surface area contributed by atoms with Gasteiger partial charge in [0, 0.05) is 61.6 Å². The zero-order chi connectivity index (χ0) is 16.9. The summed E-state index contributed by atoms with van der Waals surface area (Å²) in [5.74, 6) is -0.251. The van der Waals surface area contributed by atoms with Gasteiger partial charge >= 0.3 is 5.97 Å². The Hall–Kier alpha value is -1.91. The molecule has 0 amide bonds. The topological polar surface area (TPSA) is 36.0 Å². The summed E-state index contributed by atoms with van der Waals surface area (Å²) in [7, 11) is 12.0. The van der Waals surface area contributed by atoms with Gasteiger partial charge in [-0.1, -0.05) is 0 Å². The molecule has 0 aromatic carbocycles. The highest BCUT2D eigenvalue weighted by molar-refractivity contribution is 5.67. The lowest BCUT2D eigenvalue weighted by Crippen LogP contribution is -2.29. The fourth-order valence-electron chi connectivity index (χ4n) is 2.67. The first kappa shape index (κ1) is 18.1. The molecule has 1 fully saturated rings. The average Bonchev–Trinajstić information content (AvgIpc) is 2.30. The van der Waals surface area contributed by atoms with Crippen LogP contribution >= 0.6 is 0 Å². The Bertz CT molecular complexity index is 458. The summed E-state index contributed by atoms with van der Waals surface area (Å²) in [4.78, 5) is 17.6. The minimum Gasteiger partial charge on any atom is -0.453 e. The average molecular weight is 307 g/mol. The molecule has 22 heavy (non-hydrogen) atoms. The highest BCUT2D eigenvalue weighted by atomic mass is 16.5. The molecule has 1 rings (SSSR count). The summed E-state index contributed by atoms with van der Waals surface area (Å²) in [6.07, 6.45) is 7.62. The van der Waals surface area contributed by atoms with E-state index in [4.69, 9.17) is 4.74 Å². The van der Waals surface area contributed by atoms with E-state index in [2.05, 4.69) is 23.5 Å². The summed E-state index contributed by atoms with van der Waals surface area (Å²) in [5, 5.41) is 0. The maximum atomic E-state index is 11.5. The molecule has 0 heterocycles. The van der Waals surface area contributed by atoms with Crippen LogP contribution in [-0.2, 0) is 9.53 Å². The smallest absolute Gasteiger partial charge is 0.303 e. The van der Waals surface area contributed by atoms with Gasteiger partial charge in [0.25, 0.3) is 0 Å². The quantitative estimate of drug-likeness (QED) is 0.743. The number of nitrogens with zero attached hydrogens (tertiary/aromatic N) is 3. The summed E-state index contributed by atoms with van der Waals surface area (Å²) >= 11 is 0. The van der Waals surface area contributed by atoms with Gasteiger partial charge in [0.05, 0.1) is 0 Å². The molecule has 1 aliphatic rings. The number of allylic oxidation sites excluding steroid dienone is 1. The van der Waals surface area contributed by atoms with Crippen molar-refractivity contribution in [3.8, 4) is 0 Å². The second kappa shape index (κ2) is 7.92. The van der Waals surface area contributed by atoms with E-state index < -0.39 is 0 Å². The molecule has 124 valence electrons. The molecule has 0 aliphatic heterocycles. The lowest BCUT2D eigenvalue weighted by Gasteiger charge is -2.32. The van der Waals surface area contributed by atoms with Crippen LogP contribution in [0.1, 0.15) is 19.8 Å². The summed E-state index contributed by atoms with van der Waals surface area (Å²) in [6, 6.07) is 0. The second-order valence-electron chi connectivity index (χ2n) is 6.43. The van der Waals surface area contributed by atoms with Gasteiger partial charge in [-0.3, -0.25) is 4.79 Å². The van der Waals surface area contributed by atoms with Gasteiger partial charge in [-0.05, 0) is 35.8 Å². The minimum atomic E-state index is -0.276. The molecule has 1 atom stereocenters.